The van der Waals surface area contributed by atoms with Crippen LogP contribution in [0.4, 0.5) is 0 Å². The number of aryl methyl sites for hydroxylation is 2. The lowest BCUT2D eigenvalue weighted by atomic mass is 10.1. The van der Waals surface area contributed by atoms with Gasteiger partial charge in [-0.2, -0.15) is 0 Å². The van der Waals surface area contributed by atoms with Crippen molar-refractivity contribution in [2.24, 2.45) is 0 Å². The molecule has 1 rings (SSSR count). The van der Waals surface area contributed by atoms with Crippen molar-refractivity contribution in [2.45, 2.75) is 19.8 Å². The summed E-state index contributed by atoms with van der Waals surface area (Å²) in [6.07, 6.45) is 0.857. The minimum Gasteiger partial charge on any atom is -0.480 e. The summed E-state index contributed by atoms with van der Waals surface area (Å²) >= 11 is 0. The van der Waals surface area contributed by atoms with E-state index in [2.05, 4.69) is 5.32 Å². The van der Waals surface area contributed by atoms with Crippen LogP contribution in [0.2, 0.25) is 0 Å². The van der Waals surface area contributed by atoms with E-state index in [1.54, 1.807) is 0 Å². The summed E-state index contributed by atoms with van der Waals surface area (Å²) in [4.78, 5) is 35.7. The first kappa shape index (κ1) is 19.6. The van der Waals surface area contributed by atoms with Crippen LogP contribution in [0, 0.1) is 6.92 Å². The van der Waals surface area contributed by atoms with E-state index < -0.39 is 18.4 Å². The number of nitrogens with one attached hydrogen (secondary N) is 1. The van der Waals surface area contributed by atoms with Crippen molar-refractivity contribution in [3.05, 3.63) is 35.4 Å². The van der Waals surface area contributed by atoms with Crippen LogP contribution in [0.5, 0.6) is 0 Å². The summed E-state index contributed by atoms with van der Waals surface area (Å²) in [7, 11) is 1.47. The number of nitrogens with zero attached hydrogens (tertiary/aromatic N) is 1. The second kappa shape index (κ2) is 10.4. The lowest BCUT2D eigenvalue weighted by Crippen LogP contribution is -2.44. The molecule has 2 N–H and O–H groups in total. The molecule has 0 aliphatic rings. The summed E-state index contributed by atoms with van der Waals surface area (Å²) in [5.41, 5.74) is 2.21. The number of ether oxygens (including phenoxy) is 1. The molecular weight excluding hydrogens is 312 g/mol. The monoisotopic (exact) mass is 336 g/mol. The van der Waals surface area contributed by atoms with Crippen molar-refractivity contribution in [3.8, 4) is 0 Å². The van der Waals surface area contributed by atoms with E-state index in [9.17, 15) is 14.4 Å². The van der Waals surface area contributed by atoms with Crippen LogP contribution in [0.25, 0.3) is 0 Å². The van der Waals surface area contributed by atoms with Crippen molar-refractivity contribution in [1.29, 1.82) is 0 Å². The first-order chi connectivity index (χ1) is 11.4. The summed E-state index contributed by atoms with van der Waals surface area (Å²) < 4.78 is 4.85. The predicted molar refractivity (Wildman–Crippen MR) is 88.6 cm³/mol. The molecule has 7 nitrogen and oxygen atoms in total. The maximum atomic E-state index is 12.0. The van der Waals surface area contributed by atoms with E-state index in [1.807, 2.05) is 31.2 Å². The van der Waals surface area contributed by atoms with Gasteiger partial charge in [-0.05, 0) is 18.9 Å². The first-order valence-corrected chi connectivity index (χ1v) is 7.73. The van der Waals surface area contributed by atoms with Crippen LogP contribution in [0.3, 0.4) is 0 Å². The van der Waals surface area contributed by atoms with E-state index in [1.165, 1.54) is 7.11 Å². The molecule has 0 heterocycles. The fourth-order valence-corrected chi connectivity index (χ4v) is 2.04. The van der Waals surface area contributed by atoms with Crippen molar-refractivity contribution >= 4 is 17.8 Å². The maximum absolute atomic E-state index is 12.0. The molecule has 1 aromatic carbocycles. The van der Waals surface area contributed by atoms with Crippen molar-refractivity contribution < 1.29 is 24.2 Å². The highest BCUT2D eigenvalue weighted by atomic mass is 16.5. The molecule has 0 fully saturated rings. The van der Waals surface area contributed by atoms with Crippen molar-refractivity contribution in [1.82, 2.24) is 10.2 Å². The lowest BCUT2D eigenvalue weighted by Gasteiger charge is -2.20. The average Bonchev–Trinajstić information content (AvgIpc) is 2.55. The topological polar surface area (TPSA) is 95.9 Å². The highest BCUT2D eigenvalue weighted by Crippen LogP contribution is 2.05. The van der Waals surface area contributed by atoms with Crippen LogP contribution in [-0.2, 0) is 25.5 Å². The van der Waals surface area contributed by atoms with Crippen molar-refractivity contribution in [3.63, 3.8) is 0 Å². The van der Waals surface area contributed by atoms with Gasteiger partial charge < -0.3 is 20.1 Å². The molecule has 0 unspecified atom stereocenters. The molecule has 132 valence electrons. The Morgan fingerprint density at radius 2 is 1.88 bits per heavy atom. The summed E-state index contributed by atoms with van der Waals surface area (Å²) in [5, 5.41) is 11.3. The minimum absolute atomic E-state index is 0.168. The number of rotatable bonds is 10. The molecule has 0 saturated heterocycles. The molecule has 0 aliphatic heterocycles. The Hall–Kier alpha value is -2.41. The number of carboxylic acids is 1. The SMILES string of the molecule is COCCN(CC(=O)O)C(=O)CNC(=O)CCc1ccc(C)cc1. The Kier molecular flexibility index (Phi) is 8.49. The Morgan fingerprint density at radius 1 is 1.21 bits per heavy atom. The van der Waals surface area contributed by atoms with Gasteiger partial charge in [-0.3, -0.25) is 14.4 Å². The zero-order valence-corrected chi connectivity index (χ0v) is 14.1. The van der Waals surface area contributed by atoms with Gasteiger partial charge in [0.2, 0.25) is 11.8 Å². The molecule has 0 saturated carbocycles. The maximum Gasteiger partial charge on any atom is 0.323 e. The highest BCUT2D eigenvalue weighted by Gasteiger charge is 2.17. The number of amides is 2. The first-order valence-electron chi connectivity index (χ1n) is 7.73. The number of methoxy groups -OCH3 is 1. The van der Waals surface area contributed by atoms with Gasteiger partial charge in [0.15, 0.2) is 0 Å². The van der Waals surface area contributed by atoms with Gasteiger partial charge in [-0.25, -0.2) is 0 Å². The quantitative estimate of drug-likeness (QED) is 0.652. The highest BCUT2D eigenvalue weighted by molar-refractivity contribution is 5.86. The fourth-order valence-electron chi connectivity index (χ4n) is 2.04. The number of carbonyl (C=O) groups is 3. The molecule has 0 atom stereocenters. The second-order valence-electron chi connectivity index (χ2n) is 5.46. The number of aliphatic carboxylic acids is 1. The molecule has 0 spiro atoms. The number of hydrogen-bond acceptors (Lipinski definition) is 4. The third kappa shape index (κ3) is 7.73. The van der Waals surface area contributed by atoms with E-state index in [0.717, 1.165) is 16.0 Å². The standard InChI is InChI=1S/C17H24N2O5/c1-13-3-5-14(6-4-13)7-8-15(20)18-11-16(21)19(9-10-24-2)12-17(22)23/h3-6H,7-12H2,1-2H3,(H,18,20)(H,22,23). The molecule has 24 heavy (non-hydrogen) atoms. The van der Waals surface area contributed by atoms with Crippen LogP contribution < -0.4 is 5.32 Å². The number of benzene rings is 1. The molecule has 0 bridgehead atoms. The smallest absolute Gasteiger partial charge is 0.323 e. The van der Waals surface area contributed by atoms with E-state index >= 15 is 0 Å². The third-order valence-electron chi connectivity index (χ3n) is 3.44. The molecule has 0 aromatic heterocycles. The average molecular weight is 336 g/mol. The predicted octanol–water partition coefficient (Wildman–Crippen LogP) is 0.603. The van der Waals surface area contributed by atoms with E-state index in [4.69, 9.17) is 9.84 Å². The van der Waals surface area contributed by atoms with Crippen LogP contribution in [0.1, 0.15) is 17.5 Å². The lowest BCUT2D eigenvalue weighted by molar-refractivity contribution is -0.144. The molecule has 7 heteroatoms. The molecular formula is C17H24N2O5. The van der Waals surface area contributed by atoms with Gasteiger partial charge in [-0.1, -0.05) is 29.8 Å². The Balaban J connectivity index is 2.38. The van der Waals surface area contributed by atoms with Gasteiger partial charge in [-0.15, -0.1) is 0 Å². The van der Waals surface area contributed by atoms with Gasteiger partial charge in [0.05, 0.1) is 13.2 Å². The zero-order valence-electron chi connectivity index (χ0n) is 14.1. The minimum atomic E-state index is -1.11. The van der Waals surface area contributed by atoms with Gasteiger partial charge in [0.1, 0.15) is 6.54 Å². The molecule has 0 aliphatic carbocycles. The summed E-state index contributed by atoms with van der Waals surface area (Å²) in [5.74, 6) is -1.80. The Morgan fingerprint density at radius 3 is 2.46 bits per heavy atom. The normalized spacial score (nSPS) is 10.2. The van der Waals surface area contributed by atoms with Gasteiger partial charge in [0.25, 0.3) is 0 Å². The summed E-state index contributed by atoms with van der Waals surface area (Å²) in [6, 6.07) is 7.90. The van der Waals surface area contributed by atoms with Gasteiger partial charge in [0, 0.05) is 20.1 Å². The molecule has 0 radical (unpaired) electrons. The van der Waals surface area contributed by atoms with E-state index in [-0.39, 0.29) is 32.0 Å². The Labute approximate surface area is 141 Å². The van der Waals surface area contributed by atoms with Crippen LogP contribution in [-0.4, -0.2) is 61.1 Å². The third-order valence-corrected chi connectivity index (χ3v) is 3.44. The van der Waals surface area contributed by atoms with Crippen LogP contribution >= 0.6 is 0 Å². The number of carboxylic acid groups (broad SMARTS) is 1. The fraction of sp³-hybridized carbons (Fsp3) is 0.471. The van der Waals surface area contributed by atoms with Gasteiger partial charge >= 0.3 is 5.97 Å². The van der Waals surface area contributed by atoms with E-state index in [0.29, 0.717) is 6.42 Å². The van der Waals surface area contributed by atoms with Crippen LogP contribution in [0.15, 0.2) is 24.3 Å². The molecule has 2 amide bonds. The summed E-state index contributed by atoms with van der Waals surface area (Å²) in [6.45, 7) is 1.76. The second-order valence-corrected chi connectivity index (χ2v) is 5.46. The number of carbonyl (C=O) groups excluding carboxylic acids is 2. The number of hydrogen-bond donors (Lipinski definition) is 2. The zero-order chi connectivity index (χ0) is 17.9. The van der Waals surface area contributed by atoms with Crippen molar-refractivity contribution in [2.75, 3.05) is 33.4 Å². The largest absolute Gasteiger partial charge is 0.480 e. The molecule has 1 aromatic rings. The Bertz CT molecular complexity index is 557.